The van der Waals surface area contributed by atoms with Crippen LogP contribution >= 0.6 is 0 Å². The fraction of sp³-hybridized carbons (Fsp3) is 0.417. The quantitative estimate of drug-likeness (QED) is 0.906. The molecule has 3 rings (SSSR count). The lowest BCUT2D eigenvalue weighted by molar-refractivity contribution is 0.471. The molecule has 1 saturated heterocycles. The number of sulfonamides is 1. The van der Waals surface area contributed by atoms with Crippen molar-refractivity contribution in [1.29, 1.82) is 0 Å². The highest BCUT2D eigenvalue weighted by molar-refractivity contribution is 7.89. The van der Waals surface area contributed by atoms with E-state index in [0.29, 0.717) is 30.9 Å². The van der Waals surface area contributed by atoms with Gasteiger partial charge >= 0.3 is 0 Å². The second-order valence-corrected chi connectivity index (χ2v) is 6.97. The molecule has 1 fully saturated rings. The van der Waals surface area contributed by atoms with Crippen LogP contribution in [-0.2, 0) is 10.0 Å². The molecule has 0 spiro atoms. The van der Waals surface area contributed by atoms with Crippen molar-refractivity contribution in [3.8, 4) is 0 Å². The summed E-state index contributed by atoms with van der Waals surface area (Å²) < 4.78 is 39.8. The zero-order valence-corrected chi connectivity index (χ0v) is 12.1. The van der Waals surface area contributed by atoms with Crippen LogP contribution in [0.4, 0.5) is 4.39 Å². The van der Waals surface area contributed by atoms with Crippen LogP contribution in [0.1, 0.15) is 23.7 Å². The van der Waals surface area contributed by atoms with Gasteiger partial charge in [0.05, 0.1) is 4.90 Å². The summed E-state index contributed by atoms with van der Waals surface area (Å²) in [5.41, 5.74) is 0.310. The molecule has 21 heavy (non-hydrogen) atoms. The molecular formula is C12H14FN5O2S. The van der Waals surface area contributed by atoms with E-state index in [0.717, 1.165) is 0 Å². The van der Waals surface area contributed by atoms with Crippen molar-refractivity contribution in [1.82, 2.24) is 24.9 Å². The standard InChI is InChI=1S/C12H14FN5O2S/c1-8-6-10(2-3-11(8)13)21(19,20)18-5-4-9(7-18)12-14-16-17-15-12/h2-3,6,9H,4-5,7H2,1H3,(H,14,15,16,17). The van der Waals surface area contributed by atoms with Crippen LogP contribution in [0.25, 0.3) is 0 Å². The van der Waals surface area contributed by atoms with Crippen LogP contribution in [0.3, 0.4) is 0 Å². The molecule has 0 aliphatic carbocycles. The van der Waals surface area contributed by atoms with Crippen LogP contribution < -0.4 is 0 Å². The third-order valence-electron chi connectivity index (χ3n) is 3.65. The van der Waals surface area contributed by atoms with Crippen LogP contribution in [-0.4, -0.2) is 46.4 Å². The molecule has 0 amide bonds. The van der Waals surface area contributed by atoms with Crippen LogP contribution in [0, 0.1) is 12.7 Å². The Morgan fingerprint density at radius 3 is 2.90 bits per heavy atom. The summed E-state index contributed by atoms with van der Waals surface area (Å²) >= 11 is 0. The van der Waals surface area contributed by atoms with Crippen LogP contribution in [0.15, 0.2) is 23.1 Å². The lowest BCUT2D eigenvalue weighted by Gasteiger charge is -2.16. The number of benzene rings is 1. The van der Waals surface area contributed by atoms with Crippen molar-refractivity contribution in [3.63, 3.8) is 0 Å². The van der Waals surface area contributed by atoms with E-state index in [-0.39, 0.29) is 10.8 Å². The van der Waals surface area contributed by atoms with E-state index in [1.807, 2.05) is 0 Å². The molecule has 0 bridgehead atoms. The average molecular weight is 311 g/mol. The van der Waals surface area contributed by atoms with Gasteiger partial charge < -0.3 is 0 Å². The number of hydrogen-bond donors (Lipinski definition) is 1. The minimum atomic E-state index is -3.62. The lowest BCUT2D eigenvalue weighted by Crippen LogP contribution is -2.28. The number of H-pyrrole nitrogens is 1. The molecule has 1 aliphatic heterocycles. The van der Waals surface area contributed by atoms with Gasteiger partial charge in [0.15, 0.2) is 5.82 Å². The van der Waals surface area contributed by atoms with E-state index < -0.39 is 15.8 Å². The number of nitrogens with one attached hydrogen (secondary N) is 1. The Hall–Kier alpha value is -1.87. The van der Waals surface area contributed by atoms with Gasteiger partial charge in [0.25, 0.3) is 0 Å². The molecule has 1 atom stereocenters. The first kappa shape index (κ1) is 14.1. The molecule has 1 aromatic heterocycles. The molecule has 0 saturated carbocycles. The minimum Gasteiger partial charge on any atom is -0.207 e. The average Bonchev–Trinajstić information content (AvgIpc) is 3.11. The molecular weight excluding hydrogens is 297 g/mol. The Kier molecular flexibility index (Phi) is 3.46. The van der Waals surface area contributed by atoms with Crippen molar-refractivity contribution in [2.45, 2.75) is 24.2 Å². The number of aromatic nitrogens is 4. The number of nitrogens with zero attached hydrogens (tertiary/aromatic N) is 4. The molecule has 2 heterocycles. The number of aromatic amines is 1. The fourth-order valence-corrected chi connectivity index (χ4v) is 4.01. The van der Waals surface area contributed by atoms with E-state index in [1.54, 1.807) is 6.92 Å². The maximum Gasteiger partial charge on any atom is 0.243 e. The first-order chi connectivity index (χ1) is 9.98. The summed E-state index contributed by atoms with van der Waals surface area (Å²) in [6.07, 6.45) is 0.638. The molecule has 112 valence electrons. The largest absolute Gasteiger partial charge is 0.243 e. The molecule has 9 heteroatoms. The van der Waals surface area contributed by atoms with Gasteiger partial charge in [-0.25, -0.2) is 12.8 Å². The summed E-state index contributed by atoms with van der Waals surface area (Å²) in [5.74, 6) is 0.0307. The zero-order chi connectivity index (χ0) is 15.0. The normalized spacial score (nSPS) is 20.0. The number of aryl methyl sites for hydroxylation is 1. The molecule has 1 aromatic carbocycles. The summed E-state index contributed by atoms with van der Waals surface area (Å²) in [5, 5.41) is 13.6. The van der Waals surface area contributed by atoms with E-state index in [4.69, 9.17) is 0 Å². The smallest absolute Gasteiger partial charge is 0.207 e. The van der Waals surface area contributed by atoms with Gasteiger partial charge in [0.1, 0.15) is 5.82 Å². The predicted octanol–water partition coefficient (Wildman–Crippen LogP) is 0.825. The van der Waals surface area contributed by atoms with Crippen LogP contribution in [0.2, 0.25) is 0 Å². The summed E-state index contributed by atoms with van der Waals surface area (Å²) in [7, 11) is -3.62. The highest BCUT2D eigenvalue weighted by Gasteiger charge is 2.35. The van der Waals surface area contributed by atoms with Crippen molar-refractivity contribution in [2.24, 2.45) is 0 Å². The van der Waals surface area contributed by atoms with Gasteiger partial charge in [-0.05, 0) is 37.1 Å². The highest BCUT2D eigenvalue weighted by Crippen LogP contribution is 2.29. The minimum absolute atomic E-state index is 0.0694. The topological polar surface area (TPSA) is 91.8 Å². The first-order valence-corrected chi connectivity index (χ1v) is 7.92. The second-order valence-electron chi connectivity index (χ2n) is 5.03. The zero-order valence-electron chi connectivity index (χ0n) is 11.3. The number of tetrazole rings is 1. The Labute approximate surface area is 121 Å². The molecule has 0 radical (unpaired) electrons. The van der Waals surface area contributed by atoms with Crippen molar-refractivity contribution in [3.05, 3.63) is 35.4 Å². The van der Waals surface area contributed by atoms with Crippen molar-refractivity contribution in [2.75, 3.05) is 13.1 Å². The third kappa shape index (κ3) is 2.54. The van der Waals surface area contributed by atoms with E-state index in [9.17, 15) is 12.8 Å². The number of hydrogen-bond acceptors (Lipinski definition) is 5. The van der Waals surface area contributed by atoms with Gasteiger partial charge in [-0.2, -0.15) is 9.52 Å². The first-order valence-electron chi connectivity index (χ1n) is 6.48. The maximum absolute atomic E-state index is 13.3. The van der Waals surface area contributed by atoms with Crippen LogP contribution in [0.5, 0.6) is 0 Å². The molecule has 7 nitrogen and oxygen atoms in total. The number of rotatable bonds is 3. The van der Waals surface area contributed by atoms with Gasteiger partial charge in [-0.1, -0.05) is 5.21 Å². The predicted molar refractivity (Wildman–Crippen MR) is 71.4 cm³/mol. The Bertz CT molecular complexity index is 747. The van der Waals surface area contributed by atoms with E-state index in [1.165, 1.54) is 22.5 Å². The van der Waals surface area contributed by atoms with Crippen molar-refractivity contribution >= 4 is 10.0 Å². The summed E-state index contributed by atoms with van der Waals surface area (Å²) in [4.78, 5) is 0.107. The van der Waals surface area contributed by atoms with E-state index >= 15 is 0 Å². The Balaban J connectivity index is 1.84. The maximum atomic E-state index is 13.3. The summed E-state index contributed by atoms with van der Waals surface area (Å²) in [6, 6.07) is 3.82. The Morgan fingerprint density at radius 2 is 2.24 bits per heavy atom. The second kappa shape index (κ2) is 5.15. The molecule has 2 aromatic rings. The molecule has 1 aliphatic rings. The van der Waals surface area contributed by atoms with Gasteiger partial charge in [0.2, 0.25) is 10.0 Å². The fourth-order valence-electron chi connectivity index (χ4n) is 2.43. The van der Waals surface area contributed by atoms with E-state index in [2.05, 4.69) is 20.6 Å². The van der Waals surface area contributed by atoms with Crippen molar-refractivity contribution < 1.29 is 12.8 Å². The Morgan fingerprint density at radius 1 is 1.43 bits per heavy atom. The lowest BCUT2D eigenvalue weighted by atomic mass is 10.1. The van der Waals surface area contributed by atoms with Gasteiger partial charge in [0, 0.05) is 19.0 Å². The third-order valence-corrected chi connectivity index (χ3v) is 5.51. The monoisotopic (exact) mass is 311 g/mol. The molecule has 1 N–H and O–H groups in total. The van der Waals surface area contributed by atoms with Gasteiger partial charge in [-0.3, -0.25) is 0 Å². The highest BCUT2D eigenvalue weighted by atomic mass is 32.2. The summed E-state index contributed by atoms with van der Waals surface area (Å²) in [6.45, 7) is 2.23. The van der Waals surface area contributed by atoms with Gasteiger partial charge in [-0.15, -0.1) is 10.2 Å². The number of halogens is 1. The molecule has 1 unspecified atom stereocenters. The SMILES string of the molecule is Cc1cc(S(=O)(=O)N2CCC(c3nn[nH]n3)C2)ccc1F.